The number of aromatic nitrogens is 1. The molecule has 5 nitrogen and oxygen atoms in total. The Morgan fingerprint density at radius 2 is 2.25 bits per heavy atom. The molecule has 2 atom stereocenters. The van der Waals surface area contributed by atoms with Gasteiger partial charge in [-0.1, -0.05) is 6.07 Å². The number of hydrogen-bond donors (Lipinski definition) is 2. The predicted octanol–water partition coefficient (Wildman–Crippen LogP) is 2.95. The van der Waals surface area contributed by atoms with Crippen LogP contribution in [0.25, 0.3) is 0 Å². The Hall–Kier alpha value is -1.92. The molecule has 2 aromatic heterocycles. The van der Waals surface area contributed by atoms with Gasteiger partial charge in [-0.25, -0.2) is 4.79 Å². The average Bonchev–Trinajstić information content (AvgIpc) is 3.08. The van der Waals surface area contributed by atoms with Crippen LogP contribution in [0.4, 0.5) is 4.79 Å². The molecule has 2 amide bonds. The molecule has 0 fully saturated rings. The fourth-order valence-corrected chi connectivity index (χ4v) is 3.86. The monoisotopic (exact) mass is 344 g/mol. The van der Waals surface area contributed by atoms with Gasteiger partial charge in [0, 0.05) is 36.8 Å². The van der Waals surface area contributed by atoms with E-state index in [1.807, 2.05) is 36.5 Å². The first kappa shape index (κ1) is 16.9. The van der Waals surface area contributed by atoms with Crippen LogP contribution in [0.1, 0.15) is 36.0 Å². The molecule has 0 radical (unpaired) electrons. The number of carbonyl (C=O) groups is 1. The van der Waals surface area contributed by atoms with Gasteiger partial charge >= 0.3 is 6.03 Å². The third-order valence-electron chi connectivity index (χ3n) is 4.50. The molecule has 24 heavy (non-hydrogen) atoms. The minimum atomic E-state index is -0.145. The normalized spacial score (nSPS) is 16.9. The number of pyridine rings is 1. The lowest BCUT2D eigenvalue weighted by Crippen LogP contribution is -2.46. The summed E-state index contributed by atoms with van der Waals surface area (Å²) in [5.74, 6) is 0. The summed E-state index contributed by atoms with van der Waals surface area (Å²) in [6.45, 7) is 6.78. The van der Waals surface area contributed by atoms with E-state index < -0.39 is 0 Å². The highest BCUT2D eigenvalue weighted by atomic mass is 32.1. The zero-order valence-corrected chi connectivity index (χ0v) is 15.0. The van der Waals surface area contributed by atoms with E-state index in [0.717, 1.165) is 25.2 Å². The molecule has 2 aromatic rings. The first-order chi connectivity index (χ1) is 11.6. The van der Waals surface area contributed by atoms with E-state index in [1.165, 1.54) is 10.4 Å². The Kier molecular flexibility index (Phi) is 5.48. The molecule has 6 heteroatoms. The maximum Gasteiger partial charge on any atom is 0.315 e. The van der Waals surface area contributed by atoms with Crippen LogP contribution in [0, 0.1) is 0 Å². The maximum atomic E-state index is 12.1. The summed E-state index contributed by atoms with van der Waals surface area (Å²) in [5, 5.41) is 8.09. The minimum Gasteiger partial charge on any atom is -0.337 e. The summed E-state index contributed by atoms with van der Waals surface area (Å²) in [5.41, 5.74) is 2.30. The van der Waals surface area contributed by atoms with Crippen molar-refractivity contribution < 1.29 is 4.79 Å². The van der Waals surface area contributed by atoms with Crippen LogP contribution in [-0.4, -0.2) is 35.0 Å². The number of fused-ring (bicyclic) bond motifs is 1. The van der Waals surface area contributed by atoms with E-state index in [2.05, 4.69) is 38.9 Å². The molecule has 0 spiro atoms. The average molecular weight is 344 g/mol. The van der Waals surface area contributed by atoms with Gasteiger partial charge in [0.25, 0.3) is 0 Å². The highest BCUT2D eigenvalue weighted by Crippen LogP contribution is 2.24. The van der Waals surface area contributed by atoms with Gasteiger partial charge in [-0.15, -0.1) is 11.3 Å². The minimum absolute atomic E-state index is 0.107. The van der Waals surface area contributed by atoms with Gasteiger partial charge in [-0.05, 0) is 49.4 Å². The molecule has 0 bridgehead atoms. The second-order valence-corrected chi connectivity index (χ2v) is 7.27. The van der Waals surface area contributed by atoms with Gasteiger partial charge in [-0.2, -0.15) is 0 Å². The van der Waals surface area contributed by atoms with Crippen molar-refractivity contribution in [2.75, 3.05) is 13.1 Å². The lowest BCUT2D eigenvalue weighted by molar-refractivity contribution is 0.185. The van der Waals surface area contributed by atoms with Gasteiger partial charge in [0.15, 0.2) is 0 Å². The standard InChI is InChI=1S/C18H24N4OS/c1-13(22-9-6-17-15(12-22)7-10-24-17)11-20-18(23)21-14(2)16-5-3-4-8-19-16/h3-5,7-8,10,13-14H,6,9,11-12H2,1-2H3,(H2,20,21,23)/t13-,14+/m0/s1. The Balaban J connectivity index is 1.44. The molecule has 0 saturated carbocycles. The number of rotatable bonds is 5. The number of hydrogen-bond acceptors (Lipinski definition) is 4. The third-order valence-corrected chi connectivity index (χ3v) is 5.52. The zero-order valence-electron chi connectivity index (χ0n) is 14.2. The number of carbonyl (C=O) groups excluding carboxylic acids is 1. The molecule has 0 aliphatic carbocycles. The molecule has 2 N–H and O–H groups in total. The number of nitrogens with zero attached hydrogens (tertiary/aromatic N) is 2. The van der Waals surface area contributed by atoms with Gasteiger partial charge in [0.05, 0.1) is 11.7 Å². The highest BCUT2D eigenvalue weighted by molar-refractivity contribution is 7.10. The first-order valence-corrected chi connectivity index (χ1v) is 9.26. The number of nitrogens with one attached hydrogen (secondary N) is 2. The number of urea groups is 1. The van der Waals surface area contributed by atoms with Crippen LogP contribution in [0.5, 0.6) is 0 Å². The van der Waals surface area contributed by atoms with Crippen molar-refractivity contribution in [3.63, 3.8) is 0 Å². The second kappa shape index (κ2) is 7.77. The van der Waals surface area contributed by atoms with Crippen LogP contribution < -0.4 is 10.6 Å². The Morgan fingerprint density at radius 1 is 1.38 bits per heavy atom. The molecule has 0 aromatic carbocycles. The van der Waals surface area contributed by atoms with Crippen LogP contribution in [0.2, 0.25) is 0 Å². The smallest absolute Gasteiger partial charge is 0.315 e. The topological polar surface area (TPSA) is 57.3 Å². The summed E-state index contributed by atoms with van der Waals surface area (Å²) in [6, 6.07) is 7.99. The van der Waals surface area contributed by atoms with Crippen LogP contribution in [0.3, 0.4) is 0 Å². The molecule has 3 rings (SSSR count). The second-order valence-electron chi connectivity index (χ2n) is 6.27. The van der Waals surface area contributed by atoms with E-state index in [9.17, 15) is 4.79 Å². The molecule has 1 aliphatic rings. The summed E-state index contributed by atoms with van der Waals surface area (Å²) < 4.78 is 0. The van der Waals surface area contributed by atoms with Crippen LogP contribution in [0.15, 0.2) is 35.8 Å². The van der Waals surface area contributed by atoms with Crippen molar-refractivity contribution in [1.82, 2.24) is 20.5 Å². The van der Waals surface area contributed by atoms with Crippen molar-refractivity contribution >= 4 is 17.4 Å². The van der Waals surface area contributed by atoms with Crippen LogP contribution >= 0.6 is 11.3 Å². The lowest BCUT2D eigenvalue weighted by Gasteiger charge is -2.32. The molecular formula is C18H24N4OS. The van der Waals surface area contributed by atoms with Gasteiger partial charge < -0.3 is 10.6 Å². The SMILES string of the molecule is C[C@@H](NC(=O)NC[C@H](C)N1CCc2sccc2C1)c1ccccn1. The summed E-state index contributed by atoms with van der Waals surface area (Å²) in [6.07, 6.45) is 2.85. The van der Waals surface area contributed by atoms with Crippen molar-refractivity contribution in [2.24, 2.45) is 0 Å². The van der Waals surface area contributed by atoms with Crippen molar-refractivity contribution in [2.45, 2.75) is 38.9 Å². The number of thiophene rings is 1. The molecule has 128 valence electrons. The third kappa shape index (κ3) is 4.13. The Labute approximate surface area is 147 Å². The summed E-state index contributed by atoms with van der Waals surface area (Å²) in [7, 11) is 0. The van der Waals surface area contributed by atoms with Gasteiger partial charge in [0.2, 0.25) is 0 Å². The molecule has 3 heterocycles. The predicted molar refractivity (Wildman–Crippen MR) is 97.1 cm³/mol. The maximum absolute atomic E-state index is 12.1. The van der Waals surface area contributed by atoms with Crippen molar-refractivity contribution in [3.8, 4) is 0 Å². The fraction of sp³-hybridized carbons (Fsp3) is 0.444. The molecule has 0 unspecified atom stereocenters. The van der Waals surface area contributed by atoms with E-state index in [1.54, 1.807) is 6.20 Å². The molecule has 1 aliphatic heterocycles. The fourth-order valence-electron chi connectivity index (χ4n) is 2.97. The Morgan fingerprint density at radius 3 is 3.04 bits per heavy atom. The largest absolute Gasteiger partial charge is 0.337 e. The lowest BCUT2D eigenvalue weighted by atomic mass is 10.1. The van der Waals surface area contributed by atoms with Gasteiger partial charge in [-0.3, -0.25) is 9.88 Å². The van der Waals surface area contributed by atoms with E-state index in [0.29, 0.717) is 12.6 Å². The number of amides is 2. The molecule has 0 saturated heterocycles. The van der Waals surface area contributed by atoms with Crippen molar-refractivity contribution in [1.29, 1.82) is 0 Å². The van der Waals surface area contributed by atoms with E-state index >= 15 is 0 Å². The summed E-state index contributed by atoms with van der Waals surface area (Å²) >= 11 is 1.85. The van der Waals surface area contributed by atoms with E-state index in [-0.39, 0.29) is 12.1 Å². The van der Waals surface area contributed by atoms with E-state index in [4.69, 9.17) is 0 Å². The van der Waals surface area contributed by atoms with Gasteiger partial charge in [0.1, 0.15) is 0 Å². The molecular weight excluding hydrogens is 320 g/mol. The quantitative estimate of drug-likeness (QED) is 0.877. The summed E-state index contributed by atoms with van der Waals surface area (Å²) in [4.78, 5) is 20.3. The van der Waals surface area contributed by atoms with Crippen LogP contribution in [-0.2, 0) is 13.0 Å². The highest BCUT2D eigenvalue weighted by Gasteiger charge is 2.21. The van der Waals surface area contributed by atoms with Crippen molar-refractivity contribution in [3.05, 3.63) is 52.0 Å². The Bertz CT molecular complexity index is 673. The zero-order chi connectivity index (χ0) is 16.9. The first-order valence-electron chi connectivity index (χ1n) is 8.38.